The standard InChI is InChI=1S/C25H21ClFN3O2/c1-32-22-11-10-15(26)14-21(22)29-25(31)30-13-12-17-16-6-3-5-9-20(16)28-23(17)24(30)18-7-2-4-8-19(18)27/h2-11,14,24,28H,12-13H2,1H3,(H,29,31). The predicted molar refractivity (Wildman–Crippen MR) is 124 cm³/mol. The second kappa shape index (κ2) is 8.20. The third kappa shape index (κ3) is 3.46. The summed E-state index contributed by atoms with van der Waals surface area (Å²) in [5, 5.41) is 4.47. The Morgan fingerprint density at radius 1 is 1.16 bits per heavy atom. The van der Waals surface area contributed by atoms with E-state index in [1.54, 1.807) is 41.3 Å². The number of halogens is 2. The number of aromatic amines is 1. The largest absolute Gasteiger partial charge is 0.495 e. The third-order valence-electron chi connectivity index (χ3n) is 5.90. The van der Waals surface area contributed by atoms with Gasteiger partial charge in [-0.2, -0.15) is 0 Å². The van der Waals surface area contributed by atoms with Crippen molar-refractivity contribution in [3.63, 3.8) is 0 Å². The number of nitrogens with one attached hydrogen (secondary N) is 2. The average molecular weight is 450 g/mol. The second-order valence-electron chi connectivity index (χ2n) is 7.71. The van der Waals surface area contributed by atoms with E-state index in [1.165, 1.54) is 13.2 Å². The van der Waals surface area contributed by atoms with Crippen molar-refractivity contribution in [2.24, 2.45) is 0 Å². The number of rotatable bonds is 3. The molecule has 1 aromatic heterocycles. The van der Waals surface area contributed by atoms with Crippen LogP contribution in [0.15, 0.2) is 66.7 Å². The van der Waals surface area contributed by atoms with Gasteiger partial charge in [-0.1, -0.05) is 48.0 Å². The number of carbonyl (C=O) groups is 1. The van der Waals surface area contributed by atoms with Gasteiger partial charge in [-0.15, -0.1) is 0 Å². The Morgan fingerprint density at radius 3 is 2.75 bits per heavy atom. The molecule has 4 aromatic rings. The summed E-state index contributed by atoms with van der Waals surface area (Å²) in [5.74, 6) is 0.135. The van der Waals surface area contributed by atoms with Crippen LogP contribution in [-0.4, -0.2) is 29.6 Å². The number of carbonyl (C=O) groups excluding carboxylic acids is 1. The van der Waals surface area contributed by atoms with E-state index < -0.39 is 6.04 Å². The topological polar surface area (TPSA) is 57.4 Å². The van der Waals surface area contributed by atoms with Crippen LogP contribution in [0.25, 0.3) is 10.9 Å². The Hall–Kier alpha value is -3.51. The number of ether oxygens (including phenoxy) is 1. The number of amides is 2. The Labute approximate surface area is 189 Å². The zero-order chi connectivity index (χ0) is 22.2. The smallest absolute Gasteiger partial charge is 0.322 e. The summed E-state index contributed by atoms with van der Waals surface area (Å²) in [5.41, 5.74) is 3.81. The molecule has 162 valence electrons. The molecule has 0 radical (unpaired) electrons. The minimum atomic E-state index is -0.600. The highest BCUT2D eigenvalue weighted by Crippen LogP contribution is 2.40. The Kier molecular flexibility index (Phi) is 5.23. The molecular weight excluding hydrogens is 429 g/mol. The Balaban J connectivity index is 1.59. The summed E-state index contributed by atoms with van der Waals surface area (Å²) in [6.07, 6.45) is 0.657. The number of aromatic nitrogens is 1. The van der Waals surface area contributed by atoms with Crippen molar-refractivity contribution < 1.29 is 13.9 Å². The van der Waals surface area contributed by atoms with Crippen molar-refractivity contribution >= 4 is 34.2 Å². The molecule has 0 fully saturated rings. The Morgan fingerprint density at radius 2 is 1.94 bits per heavy atom. The normalized spacial score (nSPS) is 15.5. The fourth-order valence-electron chi connectivity index (χ4n) is 4.44. The molecule has 2 heterocycles. The van der Waals surface area contributed by atoms with Gasteiger partial charge in [0.25, 0.3) is 0 Å². The summed E-state index contributed by atoms with van der Waals surface area (Å²) in [6.45, 7) is 0.433. The maximum atomic E-state index is 14.9. The molecule has 5 nitrogen and oxygen atoms in total. The fraction of sp³-hybridized carbons (Fsp3) is 0.160. The van der Waals surface area contributed by atoms with Gasteiger partial charge in [0.2, 0.25) is 0 Å². The van der Waals surface area contributed by atoms with E-state index in [1.807, 2.05) is 18.2 Å². The molecule has 0 saturated carbocycles. The predicted octanol–water partition coefficient (Wildman–Crippen LogP) is 6.15. The number of urea groups is 1. The highest BCUT2D eigenvalue weighted by atomic mass is 35.5. The summed E-state index contributed by atoms with van der Waals surface area (Å²) in [6, 6.07) is 18.6. The number of methoxy groups -OCH3 is 1. The maximum Gasteiger partial charge on any atom is 0.322 e. The highest BCUT2D eigenvalue weighted by Gasteiger charge is 2.36. The zero-order valence-corrected chi connectivity index (χ0v) is 18.1. The molecule has 5 rings (SSSR count). The first-order chi connectivity index (χ1) is 15.6. The molecular formula is C25H21ClFN3O2. The van der Waals surface area contributed by atoms with Crippen molar-refractivity contribution in [2.75, 3.05) is 19.0 Å². The van der Waals surface area contributed by atoms with Crippen LogP contribution in [0, 0.1) is 5.82 Å². The molecule has 0 saturated heterocycles. The monoisotopic (exact) mass is 449 g/mol. The lowest BCUT2D eigenvalue weighted by Crippen LogP contribution is -2.43. The van der Waals surface area contributed by atoms with Gasteiger partial charge in [-0.3, -0.25) is 0 Å². The van der Waals surface area contributed by atoms with Crippen LogP contribution in [0.2, 0.25) is 5.02 Å². The SMILES string of the molecule is COc1ccc(Cl)cc1NC(=O)N1CCc2c([nH]c3ccccc23)C1c1ccccc1F. The molecule has 2 amide bonds. The van der Waals surface area contributed by atoms with Crippen molar-refractivity contribution in [2.45, 2.75) is 12.5 Å². The summed E-state index contributed by atoms with van der Waals surface area (Å²) in [7, 11) is 1.53. The lowest BCUT2D eigenvalue weighted by Gasteiger charge is -2.36. The van der Waals surface area contributed by atoms with E-state index in [0.29, 0.717) is 35.0 Å². The van der Waals surface area contributed by atoms with Gasteiger partial charge in [0.1, 0.15) is 17.6 Å². The molecule has 32 heavy (non-hydrogen) atoms. The highest BCUT2D eigenvalue weighted by molar-refractivity contribution is 6.31. The van der Waals surface area contributed by atoms with E-state index in [9.17, 15) is 9.18 Å². The van der Waals surface area contributed by atoms with E-state index in [-0.39, 0.29) is 11.8 Å². The van der Waals surface area contributed by atoms with Crippen LogP contribution in [0.4, 0.5) is 14.9 Å². The van der Waals surface area contributed by atoms with Crippen LogP contribution < -0.4 is 10.1 Å². The van der Waals surface area contributed by atoms with Crippen molar-refractivity contribution in [1.82, 2.24) is 9.88 Å². The molecule has 1 aliphatic heterocycles. The van der Waals surface area contributed by atoms with Crippen LogP contribution in [-0.2, 0) is 6.42 Å². The molecule has 1 unspecified atom stereocenters. The first-order valence-electron chi connectivity index (χ1n) is 10.3. The van der Waals surface area contributed by atoms with E-state index in [2.05, 4.69) is 16.4 Å². The summed E-state index contributed by atoms with van der Waals surface area (Å²) < 4.78 is 20.3. The molecule has 3 aromatic carbocycles. The van der Waals surface area contributed by atoms with Crippen molar-refractivity contribution in [3.05, 3.63) is 94.4 Å². The number of hydrogen-bond acceptors (Lipinski definition) is 2. The van der Waals surface area contributed by atoms with Gasteiger partial charge in [0.15, 0.2) is 0 Å². The van der Waals surface area contributed by atoms with Crippen molar-refractivity contribution in [3.8, 4) is 5.75 Å². The molecule has 1 aliphatic rings. The first-order valence-corrected chi connectivity index (χ1v) is 10.7. The van der Waals surface area contributed by atoms with E-state index >= 15 is 0 Å². The molecule has 1 atom stereocenters. The van der Waals surface area contributed by atoms with E-state index in [4.69, 9.17) is 16.3 Å². The second-order valence-corrected chi connectivity index (χ2v) is 8.14. The maximum absolute atomic E-state index is 14.9. The van der Waals surface area contributed by atoms with Crippen LogP contribution in [0.3, 0.4) is 0 Å². The van der Waals surface area contributed by atoms with Gasteiger partial charge in [-0.25, -0.2) is 9.18 Å². The number of nitrogens with zero attached hydrogens (tertiary/aromatic N) is 1. The molecule has 7 heteroatoms. The summed E-state index contributed by atoms with van der Waals surface area (Å²) in [4.78, 5) is 18.5. The van der Waals surface area contributed by atoms with Gasteiger partial charge < -0.3 is 19.9 Å². The molecule has 0 bridgehead atoms. The lowest BCUT2D eigenvalue weighted by molar-refractivity contribution is 0.191. The minimum absolute atomic E-state index is 0.358. The number of para-hydroxylation sites is 1. The quantitative estimate of drug-likeness (QED) is 0.394. The molecule has 2 N–H and O–H groups in total. The van der Waals surface area contributed by atoms with Crippen LogP contribution in [0.1, 0.15) is 22.9 Å². The number of hydrogen-bond donors (Lipinski definition) is 2. The van der Waals surface area contributed by atoms with Gasteiger partial charge in [0.05, 0.1) is 12.8 Å². The minimum Gasteiger partial charge on any atom is -0.495 e. The van der Waals surface area contributed by atoms with Crippen LogP contribution >= 0.6 is 11.6 Å². The molecule has 0 aliphatic carbocycles. The number of H-pyrrole nitrogens is 1. The molecule has 0 spiro atoms. The number of anilines is 1. The van der Waals surface area contributed by atoms with Gasteiger partial charge in [-0.05, 0) is 42.3 Å². The first kappa shape index (κ1) is 20.4. The van der Waals surface area contributed by atoms with Crippen LogP contribution in [0.5, 0.6) is 5.75 Å². The lowest BCUT2D eigenvalue weighted by atomic mass is 9.92. The number of benzene rings is 3. The van der Waals surface area contributed by atoms with Gasteiger partial charge >= 0.3 is 6.03 Å². The fourth-order valence-corrected chi connectivity index (χ4v) is 4.62. The number of fused-ring (bicyclic) bond motifs is 3. The zero-order valence-electron chi connectivity index (χ0n) is 17.4. The van der Waals surface area contributed by atoms with E-state index in [0.717, 1.165) is 22.2 Å². The van der Waals surface area contributed by atoms with Gasteiger partial charge in [0, 0.05) is 33.7 Å². The Bertz CT molecular complexity index is 1320. The summed E-state index contributed by atoms with van der Waals surface area (Å²) >= 11 is 6.13. The third-order valence-corrected chi connectivity index (χ3v) is 6.13. The average Bonchev–Trinajstić information content (AvgIpc) is 3.18. The van der Waals surface area contributed by atoms with Crippen molar-refractivity contribution in [1.29, 1.82) is 0 Å².